The maximum Gasteiger partial charge on any atom is 0.194 e. The highest BCUT2D eigenvalue weighted by Gasteiger charge is 2.12. The van der Waals surface area contributed by atoms with Crippen LogP contribution in [0.5, 0.6) is 0 Å². The highest BCUT2D eigenvalue weighted by molar-refractivity contribution is 5.54. The van der Waals surface area contributed by atoms with Crippen LogP contribution in [0.25, 0.3) is 11.4 Å². The lowest BCUT2D eigenvalue weighted by Gasteiger charge is -2.03. The summed E-state index contributed by atoms with van der Waals surface area (Å²) in [5.74, 6) is -3.90. The van der Waals surface area contributed by atoms with E-state index in [0.29, 0.717) is 13.0 Å². The van der Waals surface area contributed by atoms with Crippen LogP contribution in [0.1, 0.15) is 5.56 Å². The molecule has 0 spiro atoms. The zero-order valence-electron chi connectivity index (χ0n) is 9.33. The molecule has 0 amide bonds. The first-order valence-corrected chi connectivity index (χ1v) is 5.27. The molecule has 18 heavy (non-hydrogen) atoms. The topological polar surface area (TPSA) is 51.8 Å². The van der Waals surface area contributed by atoms with E-state index < -0.39 is 17.5 Å². The molecular weight excluding hydrogens is 243 g/mol. The molecule has 0 fully saturated rings. The van der Waals surface area contributed by atoms with Crippen LogP contribution >= 0.6 is 0 Å². The van der Waals surface area contributed by atoms with E-state index in [0.717, 1.165) is 17.7 Å². The van der Waals surface area contributed by atoms with Crippen molar-refractivity contribution in [3.05, 3.63) is 47.5 Å². The third kappa shape index (κ3) is 2.48. The van der Waals surface area contributed by atoms with E-state index >= 15 is 0 Å². The van der Waals surface area contributed by atoms with E-state index in [1.807, 2.05) is 0 Å². The van der Waals surface area contributed by atoms with Crippen molar-refractivity contribution in [3.8, 4) is 11.4 Å². The van der Waals surface area contributed by atoms with Gasteiger partial charge in [-0.15, -0.1) is 0 Å². The van der Waals surface area contributed by atoms with Gasteiger partial charge in [0.1, 0.15) is 0 Å². The van der Waals surface area contributed by atoms with E-state index in [1.165, 1.54) is 12.4 Å². The Balaban J connectivity index is 2.36. The Kier molecular flexibility index (Phi) is 3.57. The fourth-order valence-electron chi connectivity index (χ4n) is 1.48. The molecule has 0 saturated heterocycles. The van der Waals surface area contributed by atoms with Crippen LogP contribution in [0.15, 0.2) is 24.5 Å². The Morgan fingerprint density at radius 2 is 1.56 bits per heavy atom. The zero-order chi connectivity index (χ0) is 13.1. The van der Waals surface area contributed by atoms with Gasteiger partial charge in [-0.3, -0.25) is 0 Å². The molecule has 2 aromatic rings. The maximum absolute atomic E-state index is 13.0. The standard InChI is InChI=1S/C12H10F3N3/c13-9-3-8(4-10(14)11(9)15)12-17-5-7(1-2-16)6-18-12/h3-6H,1-2,16H2. The van der Waals surface area contributed by atoms with Crippen molar-refractivity contribution in [3.63, 3.8) is 0 Å². The maximum atomic E-state index is 13.0. The first-order valence-electron chi connectivity index (χ1n) is 5.27. The fraction of sp³-hybridized carbons (Fsp3) is 0.167. The average molecular weight is 253 g/mol. The summed E-state index contributed by atoms with van der Waals surface area (Å²) in [5, 5.41) is 0. The second-order valence-electron chi connectivity index (χ2n) is 3.71. The molecule has 0 aliphatic heterocycles. The van der Waals surface area contributed by atoms with Crippen molar-refractivity contribution in [2.75, 3.05) is 6.54 Å². The monoisotopic (exact) mass is 253 g/mol. The third-order valence-electron chi connectivity index (χ3n) is 2.38. The molecule has 0 aliphatic carbocycles. The zero-order valence-corrected chi connectivity index (χ0v) is 9.33. The van der Waals surface area contributed by atoms with Gasteiger partial charge in [-0.05, 0) is 30.7 Å². The molecule has 0 aliphatic rings. The highest BCUT2D eigenvalue weighted by Crippen LogP contribution is 2.20. The average Bonchev–Trinajstić information content (AvgIpc) is 2.37. The summed E-state index contributed by atoms with van der Waals surface area (Å²) >= 11 is 0. The fourth-order valence-corrected chi connectivity index (χ4v) is 1.48. The first kappa shape index (κ1) is 12.5. The van der Waals surface area contributed by atoms with Crippen LogP contribution in [0.4, 0.5) is 13.2 Å². The number of hydrogen-bond acceptors (Lipinski definition) is 3. The number of hydrogen-bond donors (Lipinski definition) is 1. The third-order valence-corrected chi connectivity index (χ3v) is 2.38. The quantitative estimate of drug-likeness (QED) is 0.852. The van der Waals surface area contributed by atoms with Crippen molar-refractivity contribution in [1.29, 1.82) is 0 Å². The second-order valence-corrected chi connectivity index (χ2v) is 3.71. The molecule has 1 aromatic heterocycles. The SMILES string of the molecule is NCCc1cnc(-c2cc(F)c(F)c(F)c2)nc1. The number of nitrogens with two attached hydrogens (primary N) is 1. The van der Waals surface area contributed by atoms with E-state index in [-0.39, 0.29) is 11.4 Å². The van der Waals surface area contributed by atoms with Crippen LogP contribution in [0, 0.1) is 17.5 Å². The lowest BCUT2D eigenvalue weighted by atomic mass is 10.2. The molecule has 0 radical (unpaired) electrons. The molecule has 0 atom stereocenters. The molecule has 2 rings (SSSR count). The molecular formula is C12H10F3N3. The Bertz CT molecular complexity index is 532. The van der Waals surface area contributed by atoms with E-state index in [9.17, 15) is 13.2 Å². The summed E-state index contributed by atoms with van der Waals surface area (Å²) in [6.45, 7) is 0.461. The molecule has 3 nitrogen and oxygen atoms in total. The molecule has 1 aromatic carbocycles. The molecule has 94 valence electrons. The largest absolute Gasteiger partial charge is 0.330 e. The van der Waals surface area contributed by atoms with Crippen molar-refractivity contribution in [2.45, 2.75) is 6.42 Å². The van der Waals surface area contributed by atoms with Gasteiger partial charge in [-0.25, -0.2) is 23.1 Å². The number of benzene rings is 1. The molecule has 1 heterocycles. The lowest BCUT2D eigenvalue weighted by molar-refractivity contribution is 0.447. The number of halogens is 3. The summed E-state index contributed by atoms with van der Waals surface area (Å²) < 4.78 is 38.9. The van der Waals surface area contributed by atoms with Crippen LogP contribution in [0.2, 0.25) is 0 Å². The predicted octanol–water partition coefficient (Wildman–Crippen LogP) is 2.06. The van der Waals surface area contributed by atoms with Crippen LogP contribution in [-0.2, 0) is 6.42 Å². The van der Waals surface area contributed by atoms with Crippen LogP contribution in [-0.4, -0.2) is 16.5 Å². The minimum Gasteiger partial charge on any atom is -0.330 e. The minimum atomic E-state index is -1.50. The lowest BCUT2D eigenvalue weighted by Crippen LogP contribution is -2.04. The van der Waals surface area contributed by atoms with Gasteiger partial charge in [0.25, 0.3) is 0 Å². The normalized spacial score (nSPS) is 10.7. The molecule has 2 N–H and O–H groups in total. The van der Waals surface area contributed by atoms with Crippen LogP contribution in [0.3, 0.4) is 0 Å². The molecule has 0 unspecified atom stereocenters. The van der Waals surface area contributed by atoms with Gasteiger partial charge < -0.3 is 5.73 Å². The molecule has 0 bridgehead atoms. The van der Waals surface area contributed by atoms with Crippen molar-refractivity contribution >= 4 is 0 Å². The van der Waals surface area contributed by atoms with E-state index in [1.54, 1.807) is 0 Å². The smallest absolute Gasteiger partial charge is 0.194 e. The predicted molar refractivity (Wildman–Crippen MR) is 60.1 cm³/mol. The summed E-state index contributed by atoms with van der Waals surface area (Å²) in [6, 6.07) is 1.71. The minimum absolute atomic E-state index is 0.0886. The van der Waals surface area contributed by atoms with Gasteiger partial charge >= 0.3 is 0 Å². The number of nitrogens with zero attached hydrogens (tertiary/aromatic N) is 2. The Morgan fingerprint density at radius 1 is 1.00 bits per heavy atom. The van der Waals surface area contributed by atoms with Gasteiger partial charge in [0, 0.05) is 18.0 Å². The summed E-state index contributed by atoms with van der Waals surface area (Å²) in [4.78, 5) is 7.91. The Labute approximate surface area is 101 Å². The summed E-state index contributed by atoms with van der Waals surface area (Å²) in [6.07, 6.45) is 3.66. The van der Waals surface area contributed by atoms with Gasteiger partial charge in [-0.1, -0.05) is 0 Å². The van der Waals surface area contributed by atoms with E-state index in [4.69, 9.17) is 5.73 Å². The molecule has 6 heteroatoms. The van der Waals surface area contributed by atoms with Crippen LogP contribution < -0.4 is 5.73 Å². The van der Waals surface area contributed by atoms with Gasteiger partial charge in [0.2, 0.25) is 0 Å². The highest BCUT2D eigenvalue weighted by atomic mass is 19.2. The molecule has 0 saturated carbocycles. The van der Waals surface area contributed by atoms with Gasteiger partial charge in [0.15, 0.2) is 23.3 Å². The van der Waals surface area contributed by atoms with E-state index in [2.05, 4.69) is 9.97 Å². The van der Waals surface area contributed by atoms with Gasteiger partial charge in [-0.2, -0.15) is 0 Å². The van der Waals surface area contributed by atoms with Crippen molar-refractivity contribution in [2.24, 2.45) is 5.73 Å². The number of aromatic nitrogens is 2. The Morgan fingerprint density at radius 3 is 2.06 bits per heavy atom. The van der Waals surface area contributed by atoms with Gasteiger partial charge in [0.05, 0.1) is 0 Å². The number of rotatable bonds is 3. The summed E-state index contributed by atoms with van der Waals surface area (Å²) in [7, 11) is 0. The first-order chi connectivity index (χ1) is 8.61. The summed E-state index contributed by atoms with van der Waals surface area (Å²) in [5.41, 5.74) is 6.28. The Hall–Kier alpha value is -1.95. The van der Waals surface area contributed by atoms with Crippen molar-refractivity contribution < 1.29 is 13.2 Å². The second kappa shape index (κ2) is 5.14. The van der Waals surface area contributed by atoms with Crippen molar-refractivity contribution in [1.82, 2.24) is 9.97 Å².